The Morgan fingerprint density at radius 1 is 1.17 bits per heavy atom. The van der Waals surface area contributed by atoms with Crippen LogP contribution in [0.1, 0.15) is 17.4 Å². The molecule has 0 aliphatic carbocycles. The van der Waals surface area contributed by atoms with Gasteiger partial charge in [0.05, 0.1) is 15.9 Å². The third-order valence-corrected chi connectivity index (χ3v) is 5.80. The molecule has 0 bridgehead atoms. The van der Waals surface area contributed by atoms with Gasteiger partial charge in [0.2, 0.25) is 5.95 Å². The molecule has 4 aromatic rings. The summed E-state index contributed by atoms with van der Waals surface area (Å²) in [6.07, 6.45) is -3.74. The Morgan fingerprint density at radius 2 is 1.90 bits per heavy atom. The summed E-state index contributed by atoms with van der Waals surface area (Å²) in [7, 11) is -3.50. The van der Waals surface area contributed by atoms with Crippen LogP contribution in [0.15, 0.2) is 45.7 Å². The number of alkyl halides is 3. The summed E-state index contributed by atoms with van der Waals surface area (Å²) in [5.41, 5.74) is 0.816. The number of halogens is 4. The molecule has 2 heterocycles. The SMILES string of the molecule is Cc1c([C@@H](Nc2nc3cc(S(C)(=O)=O)ccc3[nH]2)C(F)(F)F)oc2ccc(F)cc12. The molecule has 1 atom stereocenters. The van der Waals surface area contributed by atoms with Gasteiger partial charge >= 0.3 is 6.18 Å². The number of nitrogens with zero attached hydrogens (tertiary/aromatic N) is 1. The molecule has 4 rings (SSSR count). The van der Waals surface area contributed by atoms with E-state index in [0.717, 1.165) is 18.4 Å². The van der Waals surface area contributed by atoms with Crippen LogP contribution in [-0.2, 0) is 9.84 Å². The van der Waals surface area contributed by atoms with Gasteiger partial charge in [0.25, 0.3) is 0 Å². The van der Waals surface area contributed by atoms with Crippen LogP contribution in [0.2, 0.25) is 0 Å². The highest BCUT2D eigenvalue weighted by molar-refractivity contribution is 7.90. The van der Waals surface area contributed by atoms with Gasteiger partial charge in [-0.3, -0.25) is 0 Å². The number of sulfone groups is 1. The number of hydrogen-bond acceptors (Lipinski definition) is 5. The number of nitrogens with one attached hydrogen (secondary N) is 2. The zero-order valence-electron chi connectivity index (χ0n) is 15.6. The second kappa shape index (κ2) is 6.73. The molecule has 0 saturated carbocycles. The van der Waals surface area contributed by atoms with Crippen molar-refractivity contribution in [1.29, 1.82) is 0 Å². The highest BCUT2D eigenvalue weighted by Crippen LogP contribution is 2.40. The van der Waals surface area contributed by atoms with E-state index in [1.54, 1.807) is 0 Å². The summed E-state index contributed by atoms with van der Waals surface area (Å²) in [5, 5.41) is 2.51. The Labute approximate surface area is 167 Å². The van der Waals surface area contributed by atoms with E-state index in [4.69, 9.17) is 4.42 Å². The zero-order chi connectivity index (χ0) is 21.8. The molecule has 0 aliphatic heterocycles. The molecule has 2 aromatic carbocycles. The number of furan rings is 1. The van der Waals surface area contributed by atoms with Gasteiger partial charge in [0.15, 0.2) is 15.9 Å². The maximum atomic E-state index is 13.8. The number of aryl methyl sites for hydroxylation is 1. The van der Waals surface area contributed by atoms with Crippen LogP contribution < -0.4 is 5.32 Å². The molecule has 6 nitrogen and oxygen atoms in total. The van der Waals surface area contributed by atoms with Crippen molar-refractivity contribution in [2.45, 2.75) is 24.0 Å². The Bertz CT molecular complexity index is 1370. The molecule has 0 radical (unpaired) electrons. The molecular formula is C19H15F4N3O3S. The van der Waals surface area contributed by atoms with Crippen molar-refractivity contribution in [2.75, 3.05) is 11.6 Å². The molecule has 0 saturated heterocycles. The van der Waals surface area contributed by atoms with Crippen molar-refractivity contribution in [3.8, 4) is 0 Å². The summed E-state index contributed by atoms with van der Waals surface area (Å²) in [5.74, 6) is -1.22. The van der Waals surface area contributed by atoms with E-state index < -0.39 is 33.6 Å². The number of hydrogen-bond donors (Lipinski definition) is 2. The highest BCUT2D eigenvalue weighted by Gasteiger charge is 2.45. The molecule has 0 amide bonds. The third kappa shape index (κ3) is 3.60. The normalized spacial score (nSPS) is 13.8. The smallest absolute Gasteiger partial charge is 0.415 e. The second-order valence-electron chi connectivity index (χ2n) is 6.89. The first kappa shape index (κ1) is 20.2. The Morgan fingerprint density at radius 3 is 2.57 bits per heavy atom. The van der Waals surface area contributed by atoms with Gasteiger partial charge < -0.3 is 14.7 Å². The number of aromatic amines is 1. The second-order valence-corrected chi connectivity index (χ2v) is 8.90. The van der Waals surface area contributed by atoms with E-state index in [1.807, 2.05) is 0 Å². The van der Waals surface area contributed by atoms with Gasteiger partial charge in [0, 0.05) is 17.2 Å². The van der Waals surface area contributed by atoms with Crippen LogP contribution in [0.3, 0.4) is 0 Å². The molecule has 2 aromatic heterocycles. The Balaban J connectivity index is 1.77. The Hall–Kier alpha value is -3.08. The van der Waals surface area contributed by atoms with E-state index in [1.165, 1.54) is 31.2 Å². The minimum atomic E-state index is -4.76. The summed E-state index contributed by atoms with van der Waals surface area (Å²) in [6, 6.07) is 5.23. The standard InChI is InChI=1S/C19H15F4N3O3S/c1-9-12-7-10(20)3-6-15(12)29-16(9)17(19(21,22)23)26-18-24-13-5-4-11(30(2,27)28)8-14(13)25-18/h3-8,17H,1-2H3,(H2,24,25,26)/t17-/m1/s1. The Kier molecular flexibility index (Phi) is 4.53. The fourth-order valence-corrected chi connectivity index (χ4v) is 3.85. The van der Waals surface area contributed by atoms with Crippen LogP contribution in [-0.4, -0.2) is 30.8 Å². The highest BCUT2D eigenvalue weighted by atomic mass is 32.2. The zero-order valence-corrected chi connectivity index (χ0v) is 16.5. The van der Waals surface area contributed by atoms with Gasteiger partial charge in [-0.1, -0.05) is 0 Å². The topological polar surface area (TPSA) is 88.0 Å². The maximum absolute atomic E-state index is 13.8. The minimum absolute atomic E-state index is 0.00410. The minimum Gasteiger partial charge on any atom is -0.458 e. The first-order chi connectivity index (χ1) is 13.9. The monoisotopic (exact) mass is 441 g/mol. The van der Waals surface area contributed by atoms with Crippen LogP contribution in [0.25, 0.3) is 22.0 Å². The van der Waals surface area contributed by atoms with Crippen LogP contribution in [0.5, 0.6) is 0 Å². The van der Waals surface area contributed by atoms with Crippen LogP contribution >= 0.6 is 0 Å². The van der Waals surface area contributed by atoms with Crippen LogP contribution in [0, 0.1) is 12.7 Å². The van der Waals surface area contributed by atoms with Crippen molar-refractivity contribution in [1.82, 2.24) is 9.97 Å². The lowest BCUT2D eigenvalue weighted by molar-refractivity contribution is -0.147. The predicted octanol–water partition coefficient (Wildman–Crippen LogP) is 4.88. The fourth-order valence-electron chi connectivity index (χ4n) is 3.20. The van der Waals surface area contributed by atoms with E-state index in [-0.39, 0.29) is 32.9 Å². The molecule has 0 fully saturated rings. The largest absolute Gasteiger partial charge is 0.458 e. The van der Waals surface area contributed by atoms with Crippen molar-refractivity contribution in [3.63, 3.8) is 0 Å². The van der Waals surface area contributed by atoms with Crippen molar-refractivity contribution in [2.24, 2.45) is 0 Å². The number of benzene rings is 2. The number of rotatable bonds is 4. The first-order valence-corrected chi connectivity index (χ1v) is 10.5. The lowest BCUT2D eigenvalue weighted by atomic mass is 10.1. The number of H-pyrrole nitrogens is 1. The number of anilines is 1. The quantitative estimate of drug-likeness (QED) is 0.441. The number of imidazole rings is 1. The maximum Gasteiger partial charge on any atom is 0.415 e. The van der Waals surface area contributed by atoms with Gasteiger partial charge in [-0.25, -0.2) is 17.8 Å². The molecule has 11 heteroatoms. The lowest BCUT2D eigenvalue weighted by Crippen LogP contribution is -2.28. The summed E-state index contributed by atoms with van der Waals surface area (Å²) in [4.78, 5) is 6.72. The summed E-state index contributed by atoms with van der Waals surface area (Å²) in [6.45, 7) is 1.41. The van der Waals surface area contributed by atoms with Gasteiger partial charge in [-0.15, -0.1) is 0 Å². The van der Waals surface area contributed by atoms with Crippen LogP contribution in [0.4, 0.5) is 23.5 Å². The average Bonchev–Trinajstić information content (AvgIpc) is 3.18. The molecule has 30 heavy (non-hydrogen) atoms. The molecule has 2 N–H and O–H groups in total. The van der Waals surface area contributed by atoms with E-state index in [2.05, 4.69) is 15.3 Å². The first-order valence-electron chi connectivity index (χ1n) is 8.65. The predicted molar refractivity (Wildman–Crippen MR) is 103 cm³/mol. The molecule has 158 valence electrons. The van der Waals surface area contributed by atoms with Crippen molar-refractivity contribution in [3.05, 3.63) is 53.5 Å². The van der Waals surface area contributed by atoms with E-state index in [9.17, 15) is 26.0 Å². The van der Waals surface area contributed by atoms with Gasteiger partial charge in [-0.2, -0.15) is 13.2 Å². The van der Waals surface area contributed by atoms with E-state index >= 15 is 0 Å². The molecule has 0 spiro atoms. The van der Waals surface area contributed by atoms with Gasteiger partial charge in [-0.05, 0) is 43.3 Å². The van der Waals surface area contributed by atoms with Gasteiger partial charge in [0.1, 0.15) is 17.2 Å². The number of aromatic nitrogens is 2. The van der Waals surface area contributed by atoms with Crippen molar-refractivity contribution >= 4 is 37.8 Å². The van der Waals surface area contributed by atoms with E-state index in [0.29, 0.717) is 5.52 Å². The molecular weight excluding hydrogens is 426 g/mol. The molecule has 0 unspecified atom stereocenters. The van der Waals surface area contributed by atoms with Crippen molar-refractivity contribution < 1.29 is 30.4 Å². The lowest BCUT2D eigenvalue weighted by Gasteiger charge is -2.20. The molecule has 0 aliphatic rings. The summed E-state index contributed by atoms with van der Waals surface area (Å²) >= 11 is 0. The fraction of sp³-hybridized carbons (Fsp3) is 0.211. The third-order valence-electron chi connectivity index (χ3n) is 4.69. The summed E-state index contributed by atoms with van der Waals surface area (Å²) < 4.78 is 83.8. The number of fused-ring (bicyclic) bond motifs is 2. The average molecular weight is 441 g/mol.